The molecular weight excluding hydrogens is 653 g/mol. The van der Waals surface area contributed by atoms with Crippen molar-refractivity contribution in [1.29, 1.82) is 0 Å². The minimum absolute atomic E-state index is 0.00352. The Labute approximate surface area is 279 Å². The Morgan fingerprint density at radius 3 is 1.96 bits per heavy atom. The molecule has 0 bridgehead atoms. The van der Waals surface area contributed by atoms with Gasteiger partial charge in [-0.3, -0.25) is 13.9 Å². The summed E-state index contributed by atoms with van der Waals surface area (Å²) in [5.74, 6) is -1.01. The van der Waals surface area contributed by atoms with Gasteiger partial charge in [0.15, 0.2) is 0 Å². The molecule has 0 aromatic heterocycles. The van der Waals surface area contributed by atoms with E-state index in [9.17, 15) is 18.0 Å². The number of hydrogen-bond acceptors (Lipinski definition) is 4. The predicted octanol–water partition coefficient (Wildman–Crippen LogP) is 7.40. The van der Waals surface area contributed by atoms with Crippen molar-refractivity contribution in [2.75, 3.05) is 10.8 Å². The molecule has 236 valence electrons. The van der Waals surface area contributed by atoms with Crippen molar-refractivity contribution >= 4 is 62.3 Å². The van der Waals surface area contributed by atoms with Gasteiger partial charge in [0, 0.05) is 39.6 Å². The van der Waals surface area contributed by atoms with Gasteiger partial charge in [-0.05, 0) is 67.4 Å². The van der Waals surface area contributed by atoms with Gasteiger partial charge >= 0.3 is 0 Å². The van der Waals surface area contributed by atoms with Crippen LogP contribution in [0.4, 0.5) is 5.69 Å². The van der Waals surface area contributed by atoms with E-state index >= 15 is 0 Å². The smallest absolute Gasteiger partial charge is 0.264 e. The second kappa shape index (κ2) is 15.6. The fourth-order valence-electron chi connectivity index (χ4n) is 4.70. The van der Waals surface area contributed by atoms with E-state index in [1.807, 2.05) is 44.2 Å². The summed E-state index contributed by atoms with van der Waals surface area (Å²) in [6, 6.07) is 27.1. The van der Waals surface area contributed by atoms with E-state index in [0.717, 1.165) is 9.87 Å². The first-order chi connectivity index (χ1) is 21.5. The first kappa shape index (κ1) is 34.3. The number of nitrogens with zero attached hydrogens (tertiary/aromatic N) is 2. The third-order valence-corrected chi connectivity index (χ3v) is 10.1. The number of sulfonamides is 1. The van der Waals surface area contributed by atoms with E-state index in [4.69, 9.17) is 34.8 Å². The Kier molecular flexibility index (Phi) is 11.9. The molecule has 0 heterocycles. The summed E-state index contributed by atoms with van der Waals surface area (Å²) in [6.45, 7) is 3.08. The van der Waals surface area contributed by atoms with Crippen molar-refractivity contribution < 1.29 is 18.0 Å². The van der Waals surface area contributed by atoms with Crippen LogP contribution < -0.4 is 9.62 Å². The third kappa shape index (κ3) is 8.79. The number of rotatable bonds is 13. The molecule has 0 saturated heterocycles. The van der Waals surface area contributed by atoms with Gasteiger partial charge in [0.25, 0.3) is 10.0 Å². The molecule has 2 unspecified atom stereocenters. The van der Waals surface area contributed by atoms with E-state index in [2.05, 4.69) is 5.32 Å². The van der Waals surface area contributed by atoms with Crippen molar-refractivity contribution in [3.05, 3.63) is 129 Å². The van der Waals surface area contributed by atoms with Gasteiger partial charge in [-0.2, -0.15) is 0 Å². The zero-order valence-corrected chi connectivity index (χ0v) is 28.0. The van der Waals surface area contributed by atoms with Gasteiger partial charge in [-0.25, -0.2) is 8.42 Å². The summed E-state index contributed by atoms with van der Waals surface area (Å²) < 4.78 is 29.1. The molecule has 0 fully saturated rings. The average Bonchev–Trinajstić information content (AvgIpc) is 3.04. The van der Waals surface area contributed by atoms with Crippen LogP contribution in [-0.2, 0) is 32.6 Å². The molecule has 4 rings (SSSR count). The van der Waals surface area contributed by atoms with Crippen LogP contribution in [0.15, 0.2) is 108 Å². The van der Waals surface area contributed by atoms with Gasteiger partial charge in [0.1, 0.15) is 12.6 Å². The normalized spacial score (nSPS) is 12.6. The van der Waals surface area contributed by atoms with Gasteiger partial charge in [-0.15, -0.1) is 0 Å². The van der Waals surface area contributed by atoms with E-state index in [-0.39, 0.29) is 35.5 Å². The molecule has 2 amide bonds. The number of anilines is 1. The van der Waals surface area contributed by atoms with Crippen LogP contribution in [0.1, 0.15) is 31.4 Å². The predicted molar refractivity (Wildman–Crippen MR) is 181 cm³/mol. The molecule has 0 saturated carbocycles. The summed E-state index contributed by atoms with van der Waals surface area (Å²) >= 11 is 19.2. The molecule has 4 aromatic rings. The van der Waals surface area contributed by atoms with E-state index in [1.54, 1.807) is 48.5 Å². The number of benzene rings is 4. The zero-order chi connectivity index (χ0) is 32.6. The van der Waals surface area contributed by atoms with Gasteiger partial charge in [0.05, 0.1) is 10.6 Å². The van der Waals surface area contributed by atoms with Crippen LogP contribution in [0, 0.1) is 0 Å². The van der Waals surface area contributed by atoms with E-state index < -0.39 is 28.5 Å². The van der Waals surface area contributed by atoms with Crippen LogP contribution in [0.5, 0.6) is 0 Å². The molecular formula is C34H34Cl3N3O4S. The highest BCUT2D eigenvalue weighted by molar-refractivity contribution is 7.92. The fraction of sp³-hybridized carbons (Fsp3) is 0.235. The fourth-order valence-corrected chi connectivity index (χ4v) is 6.78. The van der Waals surface area contributed by atoms with Gasteiger partial charge in [0.2, 0.25) is 11.8 Å². The maximum absolute atomic E-state index is 14.5. The van der Waals surface area contributed by atoms with Crippen LogP contribution in [0.2, 0.25) is 15.1 Å². The molecule has 0 aliphatic heterocycles. The van der Waals surface area contributed by atoms with E-state index in [1.165, 1.54) is 29.2 Å². The number of carbonyl (C=O) groups is 2. The maximum Gasteiger partial charge on any atom is 0.264 e. The van der Waals surface area contributed by atoms with Gasteiger partial charge in [-0.1, -0.05) is 96.3 Å². The Bertz CT molecular complexity index is 1690. The molecule has 0 aliphatic rings. The van der Waals surface area contributed by atoms with Crippen molar-refractivity contribution in [1.82, 2.24) is 10.2 Å². The molecule has 11 heteroatoms. The van der Waals surface area contributed by atoms with Gasteiger partial charge < -0.3 is 10.2 Å². The molecule has 0 aliphatic carbocycles. The minimum Gasteiger partial charge on any atom is -0.352 e. The number of amides is 2. The number of carbonyl (C=O) groups excluding carboxylic acids is 2. The maximum atomic E-state index is 14.5. The third-order valence-electron chi connectivity index (χ3n) is 7.39. The van der Waals surface area contributed by atoms with Crippen molar-refractivity contribution in [3.8, 4) is 0 Å². The number of nitrogens with one attached hydrogen (secondary N) is 1. The SMILES string of the molecule is CCC(C)NC(=O)C(Cc1ccccc1)N(Cc1c(Cl)cccc1Cl)C(=O)CN(c1ccc(Cl)cc1)S(=O)(=O)c1ccccc1. The summed E-state index contributed by atoms with van der Waals surface area (Å²) in [5.41, 5.74) is 1.49. The summed E-state index contributed by atoms with van der Waals surface area (Å²) in [7, 11) is -4.22. The zero-order valence-electron chi connectivity index (χ0n) is 24.9. The Hall–Kier alpha value is -3.56. The standard InChI is InChI=1S/C34H34Cl3N3O4S/c1-3-24(2)38-34(42)32(21-25-11-6-4-7-12-25)39(22-29-30(36)15-10-16-31(29)37)33(41)23-40(27-19-17-26(35)18-20-27)45(43,44)28-13-8-5-9-14-28/h4-20,24,32H,3,21-23H2,1-2H3,(H,38,42). The van der Waals surface area contributed by atoms with Crippen molar-refractivity contribution in [3.63, 3.8) is 0 Å². The highest BCUT2D eigenvalue weighted by atomic mass is 35.5. The summed E-state index contributed by atoms with van der Waals surface area (Å²) in [5, 5.41) is 4.03. The molecule has 0 radical (unpaired) electrons. The largest absolute Gasteiger partial charge is 0.352 e. The number of hydrogen-bond donors (Lipinski definition) is 1. The van der Waals surface area contributed by atoms with Crippen molar-refractivity contribution in [2.45, 2.75) is 50.2 Å². The van der Waals surface area contributed by atoms with Crippen molar-refractivity contribution in [2.24, 2.45) is 0 Å². The van der Waals surface area contributed by atoms with Crippen LogP contribution >= 0.6 is 34.8 Å². The van der Waals surface area contributed by atoms with E-state index in [0.29, 0.717) is 27.1 Å². The Morgan fingerprint density at radius 2 is 1.38 bits per heavy atom. The lowest BCUT2D eigenvalue weighted by molar-refractivity contribution is -0.140. The average molecular weight is 687 g/mol. The molecule has 1 N–H and O–H groups in total. The minimum atomic E-state index is -4.22. The molecule has 45 heavy (non-hydrogen) atoms. The molecule has 2 atom stereocenters. The lowest BCUT2D eigenvalue weighted by atomic mass is 10.0. The monoisotopic (exact) mass is 685 g/mol. The number of halogens is 3. The lowest BCUT2D eigenvalue weighted by Crippen LogP contribution is -2.54. The first-order valence-electron chi connectivity index (χ1n) is 14.4. The summed E-state index contributed by atoms with van der Waals surface area (Å²) in [6.07, 6.45) is 0.844. The highest BCUT2D eigenvalue weighted by Crippen LogP contribution is 2.29. The quantitative estimate of drug-likeness (QED) is 0.159. The Morgan fingerprint density at radius 1 is 0.800 bits per heavy atom. The van der Waals surface area contributed by atoms with Crippen LogP contribution in [-0.4, -0.2) is 43.8 Å². The second-order valence-electron chi connectivity index (χ2n) is 10.5. The van der Waals surface area contributed by atoms with Crippen LogP contribution in [0.25, 0.3) is 0 Å². The molecule has 7 nitrogen and oxygen atoms in total. The molecule has 0 spiro atoms. The first-order valence-corrected chi connectivity index (χ1v) is 17.0. The van der Waals surface area contributed by atoms with Crippen LogP contribution in [0.3, 0.4) is 0 Å². The highest BCUT2D eigenvalue weighted by Gasteiger charge is 2.35. The molecule has 4 aromatic carbocycles. The Balaban J connectivity index is 1.83. The summed E-state index contributed by atoms with van der Waals surface area (Å²) in [4.78, 5) is 29.8. The lowest BCUT2D eigenvalue weighted by Gasteiger charge is -2.34. The topological polar surface area (TPSA) is 86.8 Å². The second-order valence-corrected chi connectivity index (χ2v) is 13.7.